The number of ketones is 1. The monoisotopic (exact) mass is 274 g/mol. The van der Waals surface area contributed by atoms with Gasteiger partial charge in [-0.25, -0.2) is 0 Å². The van der Waals surface area contributed by atoms with Crippen molar-refractivity contribution in [2.75, 3.05) is 18.2 Å². The summed E-state index contributed by atoms with van der Waals surface area (Å²) in [6.45, 7) is 4.19. The largest absolute Gasteiger partial charge is 0.397 e. The number of para-hydroxylation sites is 2. The van der Waals surface area contributed by atoms with Crippen LogP contribution < -0.4 is 11.1 Å². The van der Waals surface area contributed by atoms with Crippen molar-refractivity contribution >= 4 is 17.2 Å². The van der Waals surface area contributed by atoms with Gasteiger partial charge in [0.25, 0.3) is 0 Å². The van der Waals surface area contributed by atoms with Crippen LogP contribution in [0.4, 0.5) is 11.4 Å². The van der Waals surface area contributed by atoms with Crippen molar-refractivity contribution in [2.24, 2.45) is 5.41 Å². The zero-order valence-corrected chi connectivity index (χ0v) is 12.3. The van der Waals surface area contributed by atoms with Crippen LogP contribution in [0.1, 0.15) is 26.7 Å². The van der Waals surface area contributed by atoms with E-state index in [0.29, 0.717) is 17.7 Å². The third-order valence-electron chi connectivity index (χ3n) is 3.67. The SMILES string of the molecule is COC1CC(C)(C)CC(=O)/C1=C\Nc1ccccc1N. The molecule has 0 radical (unpaired) electrons. The molecule has 108 valence electrons. The molecule has 20 heavy (non-hydrogen) atoms. The predicted molar refractivity (Wildman–Crippen MR) is 81.4 cm³/mol. The first-order chi connectivity index (χ1) is 9.43. The average molecular weight is 274 g/mol. The van der Waals surface area contributed by atoms with Crippen molar-refractivity contribution in [3.8, 4) is 0 Å². The van der Waals surface area contributed by atoms with Crippen LogP contribution in [-0.2, 0) is 9.53 Å². The van der Waals surface area contributed by atoms with Crippen LogP contribution in [0.25, 0.3) is 0 Å². The molecule has 1 aromatic rings. The second-order valence-corrected chi connectivity index (χ2v) is 6.02. The Kier molecular flexibility index (Phi) is 4.14. The topological polar surface area (TPSA) is 64.3 Å². The summed E-state index contributed by atoms with van der Waals surface area (Å²) in [6.07, 6.45) is 2.96. The smallest absolute Gasteiger partial charge is 0.163 e. The molecule has 1 atom stereocenters. The molecule has 1 fully saturated rings. The summed E-state index contributed by atoms with van der Waals surface area (Å²) in [7, 11) is 1.64. The van der Waals surface area contributed by atoms with E-state index in [4.69, 9.17) is 10.5 Å². The van der Waals surface area contributed by atoms with E-state index >= 15 is 0 Å². The maximum atomic E-state index is 12.3. The highest BCUT2D eigenvalue weighted by molar-refractivity contribution is 5.98. The second-order valence-electron chi connectivity index (χ2n) is 6.02. The van der Waals surface area contributed by atoms with E-state index in [0.717, 1.165) is 12.1 Å². The lowest BCUT2D eigenvalue weighted by Crippen LogP contribution is -2.36. The minimum atomic E-state index is -0.163. The Morgan fingerprint density at radius 3 is 2.75 bits per heavy atom. The van der Waals surface area contributed by atoms with Gasteiger partial charge in [0.15, 0.2) is 5.78 Å². The molecular formula is C16H22N2O2. The first-order valence-corrected chi connectivity index (χ1v) is 6.80. The minimum absolute atomic E-state index is 0.0130. The number of anilines is 2. The number of nitrogen functional groups attached to an aromatic ring is 1. The van der Waals surface area contributed by atoms with Gasteiger partial charge in [0, 0.05) is 25.3 Å². The van der Waals surface area contributed by atoms with Crippen molar-refractivity contribution in [3.05, 3.63) is 36.0 Å². The number of Topliss-reactive ketones (excluding diaryl/α,β-unsaturated/α-hetero) is 1. The number of carbonyl (C=O) groups is 1. The summed E-state index contributed by atoms with van der Waals surface area (Å²) >= 11 is 0. The number of methoxy groups -OCH3 is 1. The van der Waals surface area contributed by atoms with Gasteiger partial charge < -0.3 is 15.8 Å². The molecule has 2 rings (SSSR count). The van der Waals surface area contributed by atoms with Gasteiger partial charge in [0.05, 0.1) is 17.5 Å². The van der Waals surface area contributed by atoms with Gasteiger partial charge in [-0.1, -0.05) is 26.0 Å². The highest BCUT2D eigenvalue weighted by atomic mass is 16.5. The van der Waals surface area contributed by atoms with E-state index in [1.807, 2.05) is 24.3 Å². The van der Waals surface area contributed by atoms with Crippen LogP contribution in [0.15, 0.2) is 36.0 Å². The number of ether oxygens (including phenoxy) is 1. The number of rotatable bonds is 3. The zero-order chi connectivity index (χ0) is 14.8. The normalized spacial score (nSPS) is 23.9. The lowest BCUT2D eigenvalue weighted by molar-refractivity contribution is -0.121. The molecule has 1 aliphatic carbocycles. The quantitative estimate of drug-likeness (QED) is 0.657. The fourth-order valence-electron chi connectivity index (χ4n) is 2.57. The van der Waals surface area contributed by atoms with Crippen molar-refractivity contribution in [2.45, 2.75) is 32.8 Å². The first-order valence-electron chi connectivity index (χ1n) is 6.80. The number of hydrogen-bond donors (Lipinski definition) is 2. The highest BCUT2D eigenvalue weighted by Gasteiger charge is 2.36. The third-order valence-corrected chi connectivity index (χ3v) is 3.67. The number of nitrogens with one attached hydrogen (secondary N) is 1. The lowest BCUT2D eigenvalue weighted by Gasteiger charge is -2.35. The number of hydrogen-bond acceptors (Lipinski definition) is 4. The molecule has 3 N–H and O–H groups in total. The molecule has 4 heteroatoms. The Balaban J connectivity index is 2.20. The molecule has 4 nitrogen and oxygen atoms in total. The van der Waals surface area contributed by atoms with E-state index in [2.05, 4.69) is 19.2 Å². The summed E-state index contributed by atoms with van der Waals surface area (Å²) in [6, 6.07) is 7.47. The van der Waals surface area contributed by atoms with Gasteiger partial charge in [-0.2, -0.15) is 0 Å². The molecule has 0 aromatic heterocycles. The minimum Gasteiger partial charge on any atom is -0.397 e. The number of carbonyl (C=O) groups excluding carboxylic acids is 1. The molecule has 1 unspecified atom stereocenters. The summed E-state index contributed by atoms with van der Waals surface area (Å²) in [5, 5.41) is 3.12. The summed E-state index contributed by atoms with van der Waals surface area (Å²) in [5.74, 6) is 0.134. The number of benzene rings is 1. The van der Waals surface area contributed by atoms with Crippen LogP contribution in [-0.4, -0.2) is 19.0 Å². The molecule has 1 aliphatic rings. The fraction of sp³-hybridized carbons (Fsp3) is 0.438. The molecule has 0 saturated heterocycles. The fourth-order valence-corrected chi connectivity index (χ4v) is 2.57. The Morgan fingerprint density at radius 2 is 2.10 bits per heavy atom. The zero-order valence-electron chi connectivity index (χ0n) is 12.3. The van der Waals surface area contributed by atoms with Gasteiger partial charge in [-0.3, -0.25) is 4.79 Å². The van der Waals surface area contributed by atoms with E-state index in [-0.39, 0.29) is 17.3 Å². The van der Waals surface area contributed by atoms with Crippen LogP contribution >= 0.6 is 0 Å². The molecule has 1 saturated carbocycles. The molecule has 0 heterocycles. The Morgan fingerprint density at radius 1 is 1.40 bits per heavy atom. The standard InChI is InChI=1S/C16H22N2O2/c1-16(2)8-14(19)11(15(9-16)20-3)10-18-13-7-5-4-6-12(13)17/h4-7,10,15,18H,8-9,17H2,1-3H3/b11-10+. The van der Waals surface area contributed by atoms with Crippen molar-refractivity contribution in [1.82, 2.24) is 0 Å². The average Bonchev–Trinajstić information content (AvgIpc) is 2.38. The summed E-state index contributed by atoms with van der Waals surface area (Å²) in [4.78, 5) is 12.3. The molecule has 0 bridgehead atoms. The van der Waals surface area contributed by atoms with Gasteiger partial charge in [-0.15, -0.1) is 0 Å². The highest BCUT2D eigenvalue weighted by Crippen LogP contribution is 2.37. The summed E-state index contributed by atoms with van der Waals surface area (Å²) < 4.78 is 5.47. The predicted octanol–water partition coefficient (Wildman–Crippen LogP) is 2.97. The van der Waals surface area contributed by atoms with E-state index in [9.17, 15) is 4.79 Å². The van der Waals surface area contributed by atoms with Crippen LogP contribution in [0.5, 0.6) is 0 Å². The van der Waals surface area contributed by atoms with E-state index in [1.54, 1.807) is 13.3 Å². The first kappa shape index (κ1) is 14.6. The summed E-state index contributed by atoms with van der Waals surface area (Å²) in [5.41, 5.74) is 8.00. The van der Waals surface area contributed by atoms with E-state index < -0.39 is 0 Å². The maximum Gasteiger partial charge on any atom is 0.163 e. The van der Waals surface area contributed by atoms with Crippen LogP contribution in [0.3, 0.4) is 0 Å². The Labute approximate surface area is 120 Å². The molecule has 1 aromatic carbocycles. The molecule has 0 amide bonds. The maximum absolute atomic E-state index is 12.3. The molecule has 0 aliphatic heterocycles. The van der Waals surface area contributed by atoms with Gasteiger partial charge >= 0.3 is 0 Å². The third kappa shape index (κ3) is 3.20. The van der Waals surface area contributed by atoms with Gasteiger partial charge in [-0.05, 0) is 24.0 Å². The Hall–Kier alpha value is -1.81. The van der Waals surface area contributed by atoms with Gasteiger partial charge in [0.1, 0.15) is 0 Å². The van der Waals surface area contributed by atoms with Gasteiger partial charge in [0.2, 0.25) is 0 Å². The lowest BCUT2D eigenvalue weighted by atomic mass is 9.73. The van der Waals surface area contributed by atoms with Crippen LogP contribution in [0, 0.1) is 5.41 Å². The van der Waals surface area contributed by atoms with Crippen molar-refractivity contribution in [1.29, 1.82) is 0 Å². The molecule has 0 spiro atoms. The van der Waals surface area contributed by atoms with E-state index in [1.165, 1.54) is 0 Å². The van der Waals surface area contributed by atoms with Crippen LogP contribution in [0.2, 0.25) is 0 Å². The second kappa shape index (κ2) is 5.67. The van der Waals surface area contributed by atoms with Crippen molar-refractivity contribution in [3.63, 3.8) is 0 Å². The number of nitrogens with two attached hydrogens (primary N) is 1. The Bertz CT molecular complexity index is 535. The van der Waals surface area contributed by atoms with Crippen molar-refractivity contribution < 1.29 is 9.53 Å². The molecular weight excluding hydrogens is 252 g/mol.